The fraction of sp³-hybridized carbons (Fsp3) is 0.286. The summed E-state index contributed by atoms with van der Waals surface area (Å²) in [7, 11) is 1.56. The molecule has 0 aliphatic carbocycles. The van der Waals surface area contributed by atoms with Crippen LogP contribution in [0.5, 0.6) is 5.75 Å². The van der Waals surface area contributed by atoms with Crippen LogP contribution in [0.2, 0.25) is 0 Å². The molecular weight excluding hydrogens is 244 g/mol. The second-order valence-electron chi connectivity index (χ2n) is 4.59. The van der Waals surface area contributed by atoms with E-state index in [9.17, 15) is 9.59 Å². The summed E-state index contributed by atoms with van der Waals surface area (Å²) in [6.45, 7) is 3.72. The molecule has 0 bridgehead atoms. The Morgan fingerprint density at radius 3 is 2.68 bits per heavy atom. The van der Waals surface area contributed by atoms with Crippen LogP contribution in [0, 0.1) is 0 Å². The summed E-state index contributed by atoms with van der Waals surface area (Å²) >= 11 is 0. The van der Waals surface area contributed by atoms with Crippen LogP contribution in [-0.2, 0) is 0 Å². The Morgan fingerprint density at radius 1 is 1.32 bits per heavy atom. The van der Waals surface area contributed by atoms with Gasteiger partial charge in [0.2, 0.25) is 0 Å². The largest absolute Gasteiger partial charge is 0.497 e. The molecule has 0 aliphatic heterocycles. The van der Waals surface area contributed by atoms with Crippen LogP contribution in [0.3, 0.4) is 0 Å². The number of ether oxygens (including phenoxy) is 1. The van der Waals surface area contributed by atoms with Crippen molar-refractivity contribution in [3.05, 3.63) is 40.3 Å². The Bertz CT molecular complexity index is 674. The molecule has 2 N–H and O–H groups in total. The maximum atomic E-state index is 11.9. The highest BCUT2D eigenvalue weighted by molar-refractivity contribution is 5.96. The third-order valence-electron chi connectivity index (χ3n) is 2.72. The summed E-state index contributed by atoms with van der Waals surface area (Å²) in [6, 6.07) is 6.79. The number of benzene rings is 1. The first-order valence-corrected chi connectivity index (χ1v) is 6.03. The summed E-state index contributed by atoms with van der Waals surface area (Å²) in [6.07, 6.45) is 0. The number of carbonyl (C=O) groups is 1. The molecule has 1 amide bonds. The van der Waals surface area contributed by atoms with Gasteiger partial charge in [-0.2, -0.15) is 0 Å². The molecule has 0 fully saturated rings. The third kappa shape index (κ3) is 2.76. The number of methoxy groups -OCH3 is 1. The molecule has 1 heterocycles. The Hall–Kier alpha value is -2.30. The fourth-order valence-corrected chi connectivity index (χ4v) is 1.84. The lowest BCUT2D eigenvalue weighted by atomic mass is 10.1. The van der Waals surface area contributed by atoms with Gasteiger partial charge in [0.1, 0.15) is 11.4 Å². The number of rotatable bonds is 3. The molecular formula is C14H16N2O3. The van der Waals surface area contributed by atoms with E-state index in [-0.39, 0.29) is 23.2 Å². The van der Waals surface area contributed by atoms with E-state index >= 15 is 0 Å². The van der Waals surface area contributed by atoms with E-state index < -0.39 is 0 Å². The Kier molecular flexibility index (Phi) is 3.55. The SMILES string of the molecule is COc1ccc2c(=O)[nH]c(C(=O)NC(C)C)cc2c1. The molecule has 5 heteroatoms. The number of aromatic amines is 1. The first-order chi connectivity index (χ1) is 9.01. The van der Waals surface area contributed by atoms with Crippen molar-refractivity contribution in [3.63, 3.8) is 0 Å². The minimum Gasteiger partial charge on any atom is -0.497 e. The standard InChI is InChI=1S/C14H16N2O3/c1-8(2)15-14(18)12-7-9-6-10(19-3)4-5-11(9)13(17)16-12/h4-8H,1-3H3,(H,15,18)(H,16,17). The third-order valence-corrected chi connectivity index (χ3v) is 2.72. The van der Waals surface area contributed by atoms with Crippen molar-refractivity contribution in [2.45, 2.75) is 19.9 Å². The second kappa shape index (κ2) is 5.14. The van der Waals surface area contributed by atoms with E-state index in [0.29, 0.717) is 16.5 Å². The zero-order chi connectivity index (χ0) is 14.0. The lowest BCUT2D eigenvalue weighted by Gasteiger charge is -2.09. The lowest BCUT2D eigenvalue weighted by Crippen LogP contribution is -2.31. The quantitative estimate of drug-likeness (QED) is 0.882. The summed E-state index contributed by atoms with van der Waals surface area (Å²) in [5.41, 5.74) is -0.0338. The number of H-pyrrole nitrogens is 1. The van der Waals surface area contributed by atoms with Crippen molar-refractivity contribution in [3.8, 4) is 5.75 Å². The maximum absolute atomic E-state index is 11.9. The van der Waals surface area contributed by atoms with Crippen molar-refractivity contribution >= 4 is 16.7 Å². The van der Waals surface area contributed by atoms with Gasteiger partial charge in [-0.25, -0.2) is 0 Å². The van der Waals surface area contributed by atoms with Crippen LogP contribution in [0.4, 0.5) is 0 Å². The number of carbonyl (C=O) groups excluding carboxylic acids is 1. The molecule has 1 aromatic carbocycles. The average molecular weight is 260 g/mol. The number of hydrogen-bond acceptors (Lipinski definition) is 3. The number of nitrogens with one attached hydrogen (secondary N) is 2. The first kappa shape index (κ1) is 13.1. The van der Waals surface area contributed by atoms with Crippen LogP contribution < -0.4 is 15.6 Å². The van der Waals surface area contributed by atoms with Gasteiger partial charge < -0.3 is 15.0 Å². The van der Waals surface area contributed by atoms with E-state index in [1.54, 1.807) is 31.4 Å². The van der Waals surface area contributed by atoms with Crippen molar-refractivity contribution in [1.82, 2.24) is 10.3 Å². The molecule has 0 atom stereocenters. The molecule has 0 saturated heterocycles. The number of pyridine rings is 1. The molecule has 0 saturated carbocycles. The highest BCUT2D eigenvalue weighted by Gasteiger charge is 2.10. The Morgan fingerprint density at radius 2 is 2.05 bits per heavy atom. The van der Waals surface area contributed by atoms with E-state index in [2.05, 4.69) is 10.3 Å². The summed E-state index contributed by atoms with van der Waals surface area (Å²) in [4.78, 5) is 26.4. The van der Waals surface area contributed by atoms with Crippen LogP contribution in [-0.4, -0.2) is 24.0 Å². The maximum Gasteiger partial charge on any atom is 0.268 e. The number of hydrogen-bond donors (Lipinski definition) is 2. The van der Waals surface area contributed by atoms with Crippen molar-refractivity contribution in [2.24, 2.45) is 0 Å². The molecule has 100 valence electrons. The molecule has 0 unspecified atom stereocenters. The molecule has 19 heavy (non-hydrogen) atoms. The van der Waals surface area contributed by atoms with Gasteiger partial charge in [-0.05, 0) is 43.5 Å². The van der Waals surface area contributed by atoms with Crippen LogP contribution >= 0.6 is 0 Å². The molecule has 1 aromatic heterocycles. The van der Waals surface area contributed by atoms with Crippen LogP contribution in [0.15, 0.2) is 29.1 Å². The fourth-order valence-electron chi connectivity index (χ4n) is 1.84. The number of aromatic nitrogens is 1. The van der Waals surface area contributed by atoms with Gasteiger partial charge in [0, 0.05) is 11.4 Å². The van der Waals surface area contributed by atoms with Gasteiger partial charge in [-0.1, -0.05) is 0 Å². The molecule has 0 aliphatic rings. The number of fused-ring (bicyclic) bond motifs is 1. The van der Waals surface area contributed by atoms with Crippen molar-refractivity contribution < 1.29 is 9.53 Å². The molecule has 5 nitrogen and oxygen atoms in total. The predicted octanol–water partition coefficient (Wildman–Crippen LogP) is 1.67. The molecule has 0 spiro atoms. The second-order valence-corrected chi connectivity index (χ2v) is 4.59. The Balaban J connectivity index is 2.53. The van der Waals surface area contributed by atoms with Gasteiger partial charge in [0.05, 0.1) is 7.11 Å². The van der Waals surface area contributed by atoms with E-state index in [1.165, 1.54) is 0 Å². The molecule has 2 rings (SSSR count). The van der Waals surface area contributed by atoms with Crippen LogP contribution in [0.25, 0.3) is 10.8 Å². The van der Waals surface area contributed by atoms with Gasteiger partial charge in [0.25, 0.3) is 11.5 Å². The minimum atomic E-state index is -0.295. The van der Waals surface area contributed by atoms with Gasteiger partial charge in [-0.15, -0.1) is 0 Å². The highest BCUT2D eigenvalue weighted by Crippen LogP contribution is 2.18. The molecule has 2 aromatic rings. The smallest absolute Gasteiger partial charge is 0.268 e. The highest BCUT2D eigenvalue weighted by atomic mass is 16.5. The first-order valence-electron chi connectivity index (χ1n) is 6.03. The summed E-state index contributed by atoms with van der Waals surface area (Å²) in [5, 5.41) is 3.95. The van der Waals surface area contributed by atoms with Crippen LogP contribution in [0.1, 0.15) is 24.3 Å². The van der Waals surface area contributed by atoms with E-state index in [4.69, 9.17) is 4.74 Å². The zero-order valence-electron chi connectivity index (χ0n) is 11.1. The van der Waals surface area contributed by atoms with E-state index in [1.807, 2.05) is 13.8 Å². The molecule has 0 radical (unpaired) electrons. The summed E-state index contributed by atoms with van der Waals surface area (Å²) < 4.78 is 5.11. The predicted molar refractivity (Wildman–Crippen MR) is 73.7 cm³/mol. The minimum absolute atomic E-state index is 0.0111. The van der Waals surface area contributed by atoms with Gasteiger partial charge in [-0.3, -0.25) is 9.59 Å². The topological polar surface area (TPSA) is 71.2 Å². The zero-order valence-corrected chi connectivity index (χ0v) is 11.1. The monoisotopic (exact) mass is 260 g/mol. The van der Waals surface area contributed by atoms with Gasteiger partial charge >= 0.3 is 0 Å². The Labute approximate surface area is 110 Å². The summed E-state index contributed by atoms with van der Waals surface area (Å²) in [5.74, 6) is 0.352. The number of amides is 1. The normalized spacial score (nSPS) is 10.7. The van der Waals surface area contributed by atoms with E-state index in [0.717, 1.165) is 0 Å². The van der Waals surface area contributed by atoms with Gasteiger partial charge in [0.15, 0.2) is 0 Å². The lowest BCUT2D eigenvalue weighted by molar-refractivity contribution is 0.0938. The van der Waals surface area contributed by atoms with Crippen molar-refractivity contribution in [2.75, 3.05) is 7.11 Å². The van der Waals surface area contributed by atoms with Crippen molar-refractivity contribution in [1.29, 1.82) is 0 Å². The average Bonchev–Trinajstić information content (AvgIpc) is 2.37.